The van der Waals surface area contributed by atoms with E-state index < -0.39 is 0 Å². The third-order valence-corrected chi connectivity index (χ3v) is 10.8. The Hall–Kier alpha value is -4.90. The summed E-state index contributed by atoms with van der Waals surface area (Å²) in [7, 11) is 16.5. The van der Waals surface area contributed by atoms with E-state index in [1.54, 1.807) is 0 Å². The van der Waals surface area contributed by atoms with Crippen molar-refractivity contribution in [3.8, 4) is 0 Å². The van der Waals surface area contributed by atoms with Gasteiger partial charge in [-0.3, -0.25) is 0 Å². The molecule has 0 aliphatic carbocycles. The molecule has 0 aromatic heterocycles. The SMILES string of the molecule is CN(C)c1ccc(C(c2ccc(N(C)C)cc2)c2ccc(Cc3ccc(C(c4ccc(N(C)C)cc4)c4ccc(N(C)C)cc4)c(Cl)c3)cc2Cl)cc1. The van der Waals surface area contributed by atoms with Gasteiger partial charge in [0.05, 0.1) is 0 Å². The van der Waals surface area contributed by atoms with E-state index in [1.807, 2.05) is 0 Å². The topological polar surface area (TPSA) is 13.0 Å². The molecule has 0 heterocycles. The number of rotatable bonds is 12. The molecule has 0 spiro atoms. The molecule has 6 aromatic rings. The first-order chi connectivity index (χ1) is 25.4. The lowest BCUT2D eigenvalue weighted by molar-refractivity contribution is 0.967. The predicted molar refractivity (Wildman–Crippen MR) is 231 cm³/mol. The fourth-order valence-electron chi connectivity index (χ4n) is 7.03. The molecule has 6 aromatic carbocycles. The molecule has 0 aliphatic rings. The van der Waals surface area contributed by atoms with Gasteiger partial charge in [-0.15, -0.1) is 0 Å². The molecule has 0 bridgehead atoms. The van der Waals surface area contributed by atoms with E-state index >= 15 is 0 Å². The van der Waals surface area contributed by atoms with Gasteiger partial charge in [-0.2, -0.15) is 0 Å². The van der Waals surface area contributed by atoms with Gasteiger partial charge in [-0.1, -0.05) is 96.0 Å². The van der Waals surface area contributed by atoms with Crippen molar-refractivity contribution in [3.63, 3.8) is 0 Å². The molecule has 272 valence electrons. The predicted octanol–water partition coefficient (Wildman–Crippen LogP) is 11.2. The van der Waals surface area contributed by atoms with Crippen LogP contribution in [0.4, 0.5) is 22.7 Å². The van der Waals surface area contributed by atoms with Crippen LogP contribution < -0.4 is 19.6 Å². The van der Waals surface area contributed by atoms with E-state index in [9.17, 15) is 0 Å². The van der Waals surface area contributed by atoms with E-state index in [2.05, 4.69) is 209 Å². The summed E-state index contributed by atoms with van der Waals surface area (Å²) in [6.07, 6.45) is 0.722. The van der Waals surface area contributed by atoms with Crippen molar-refractivity contribution in [2.24, 2.45) is 0 Å². The molecule has 0 unspecified atom stereocenters. The van der Waals surface area contributed by atoms with Gasteiger partial charge < -0.3 is 19.6 Å². The highest BCUT2D eigenvalue weighted by molar-refractivity contribution is 6.32. The molecule has 0 aliphatic heterocycles. The maximum absolute atomic E-state index is 7.20. The van der Waals surface area contributed by atoms with Gasteiger partial charge in [0.1, 0.15) is 0 Å². The van der Waals surface area contributed by atoms with Crippen LogP contribution in [-0.4, -0.2) is 56.4 Å². The monoisotopic (exact) mass is 740 g/mol. The molecule has 0 atom stereocenters. The largest absolute Gasteiger partial charge is 0.378 e. The van der Waals surface area contributed by atoms with Crippen LogP contribution in [0, 0.1) is 0 Å². The fourth-order valence-corrected chi connectivity index (χ4v) is 7.65. The summed E-state index contributed by atoms with van der Waals surface area (Å²) in [4.78, 5) is 8.49. The van der Waals surface area contributed by atoms with Gasteiger partial charge in [-0.25, -0.2) is 0 Å². The highest BCUT2D eigenvalue weighted by Gasteiger charge is 2.22. The first-order valence-corrected chi connectivity index (χ1v) is 18.8. The zero-order valence-electron chi connectivity index (χ0n) is 32.1. The Balaban J connectivity index is 1.31. The Bertz CT molecular complexity index is 1860. The van der Waals surface area contributed by atoms with Gasteiger partial charge in [0.15, 0.2) is 0 Å². The van der Waals surface area contributed by atoms with Crippen LogP contribution in [0.3, 0.4) is 0 Å². The average molecular weight is 742 g/mol. The van der Waals surface area contributed by atoms with Crippen LogP contribution in [0.2, 0.25) is 10.0 Å². The number of nitrogens with zero attached hydrogens (tertiary/aromatic N) is 4. The van der Waals surface area contributed by atoms with Crippen molar-refractivity contribution in [3.05, 3.63) is 188 Å². The molecule has 0 fully saturated rings. The molecule has 0 amide bonds. The Labute approximate surface area is 326 Å². The van der Waals surface area contributed by atoms with E-state index in [1.165, 1.54) is 22.3 Å². The van der Waals surface area contributed by atoms with Crippen molar-refractivity contribution >= 4 is 46.0 Å². The van der Waals surface area contributed by atoms with Gasteiger partial charge >= 0.3 is 0 Å². The lowest BCUT2D eigenvalue weighted by Crippen LogP contribution is -2.10. The van der Waals surface area contributed by atoms with E-state index in [-0.39, 0.29) is 11.8 Å². The Morgan fingerprint density at radius 1 is 0.358 bits per heavy atom. The highest BCUT2D eigenvalue weighted by Crippen LogP contribution is 2.40. The molecule has 6 heteroatoms. The van der Waals surface area contributed by atoms with Crippen LogP contribution in [0.5, 0.6) is 0 Å². The second kappa shape index (κ2) is 16.4. The van der Waals surface area contributed by atoms with Crippen LogP contribution in [0.25, 0.3) is 0 Å². The Morgan fingerprint density at radius 3 is 0.811 bits per heavy atom. The third-order valence-electron chi connectivity index (χ3n) is 10.1. The molecule has 0 saturated heterocycles. The van der Waals surface area contributed by atoms with E-state index in [0.717, 1.165) is 61.5 Å². The Morgan fingerprint density at radius 2 is 0.604 bits per heavy atom. The van der Waals surface area contributed by atoms with Crippen molar-refractivity contribution in [1.82, 2.24) is 0 Å². The first kappa shape index (κ1) is 37.8. The summed E-state index contributed by atoms with van der Waals surface area (Å²) in [6.45, 7) is 0. The Kier molecular flexibility index (Phi) is 11.7. The zero-order chi connectivity index (χ0) is 37.8. The molecule has 0 saturated carbocycles. The normalized spacial score (nSPS) is 11.2. The average Bonchev–Trinajstić information content (AvgIpc) is 3.14. The van der Waals surface area contributed by atoms with Gasteiger partial charge in [0.2, 0.25) is 0 Å². The summed E-state index contributed by atoms with van der Waals surface area (Å²) in [5.41, 5.74) is 13.9. The maximum atomic E-state index is 7.20. The van der Waals surface area contributed by atoms with Crippen molar-refractivity contribution in [2.75, 3.05) is 76.0 Å². The lowest BCUT2D eigenvalue weighted by Gasteiger charge is -2.23. The van der Waals surface area contributed by atoms with Crippen LogP contribution >= 0.6 is 23.2 Å². The summed E-state index contributed by atoms with van der Waals surface area (Å²) >= 11 is 14.4. The van der Waals surface area contributed by atoms with Crippen LogP contribution in [-0.2, 0) is 6.42 Å². The zero-order valence-corrected chi connectivity index (χ0v) is 33.6. The molecular formula is C47H50Cl2N4. The second-order valence-corrected chi connectivity index (χ2v) is 15.5. The summed E-state index contributed by atoms with van der Waals surface area (Å²) in [5, 5.41) is 1.51. The van der Waals surface area contributed by atoms with Crippen molar-refractivity contribution in [2.45, 2.75) is 18.3 Å². The minimum atomic E-state index is -0.00628. The van der Waals surface area contributed by atoms with E-state index in [0.29, 0.717) is 0 Å². The molecule has 4 nitrogen and oxygen atoms in total. The molecule has 6 rings (SSSR count). The minimum Gasteiger partial charge on any atom is -0.378 e. The fraction of sp³-hybridized carbons (Fsp3) is 0.234. The van der Waals surface area contributed by atoms with Crippen LogP contribution in [0.1, 0.15) is 56.3 Å². The smallest absolute Gasteiger partial charge is 0.0450 e. The molecule has 0 radical (unpaired) electrons. The third kappa shape index (κ3) is 8.67. The minimum absolute atomic E-state index is 0.00628. The number of hydrogen-bond donors (Lipinski definition) is 0. The maximum Gasteiger partial charge on any atom is 0.0450 e. The quantitative estimate of drug-likeness (QED) is 0.116. The number of benzene rings is 6. The number of hydrogen-bond acceptors (Lipinski definition) is 4. The summed E-state index contributed by atoms with van der Waals surface area (Å²) < 4.78 is 0. The van der Waals surface area contributed by atoms with Gasteiger partial charge in [0, 0.05) is 101 Å². The van der Waals surface area contributed by atoms with Crippen molar-refractivity contribution < 1.29 is 0 Å². The van der Waals surface area contributed by atoms with Crippen LogP contribution in [0.15, 0.2) is 133 Å². The highest BCUT2D eigenvalue weighted by atomic mass is 35.5. The number of anilines is 4. The standard InChI is InChI=1S/C47H50Cl2N4/c1-50(2)38-19-11-34(12-20-38)46(35-13-21-39(22-14-35)51(3)4)42-27-9-32(30-44(42)48)29-33-10-28-43(45(49)31-33)47(36-15-23-40(24-16-36)52(5)6)37-17-25-41(26-18-37)53(7)8/h9-28,30-31,46-47H,29H2,1-8H3. The summed E-state index contributed by atoms with van der Waals surface area (Å²) in [5.74, 6) is -0.0126. The van der Waals surface area contributed by atoms with Gasteiger partial charge in [-0.05, 0) is 112 Å². The van der Waals surface area contributed by atoms with E-state index in [4.69, 9.17) is 23.2 Å². The molecule has 53 heavy (non-hydrogen) atoms. The summed E-state index contributed by atoms with van der Waals surface area (Å²) in [6, 6.07) is 48.2. The number of halogens is 2. The lowest BCUT2D eigenvalue weighted by atomic mass is 9.83. The first-order valence-electron chi connectivity index (χ1n) is 18.1. The van der Waals surface area contributed by atoms with Gasteiger partial charge in [0.25, 0.3) is 0 Å². The molecule has 0 N–H and O–H groups in total. The van der Waals surface area contributed by atoms with Crippen molar-refractivity contribution in [1.29, 1.82) is 0 Å². The molecular weight excluding hydrogens is 691 g/mol. The second-order valence-electron chi connectivity index (χ2n) is 14.7.